The van der Waals surface area contributed by atoms with Crippen molar-refractivity contribution in [3.63, 3.8) is 0 Å². The standard InChI is InChI=1S/C16H13FOS/c17-14-6-8-15(9-7-14)19-16(10-11-18)12-13-4-2-1-3-5-13/h1-11H,12H2/b16-10+. The van der Waals surface area contributed by atoms with Crippen molar-refractivity contribution in [3.8, 4) is 0 Å². The zero-order valence-corrected chi connectivity index (χ0v) is 11.1. The molecule has 0 fully saturated rings. The van der Waals surface area contributed by atoms with Crippen LogP contribution in [0.1, 0.15) is 5.56 Å². The first kappa shape index (κ1) is 13.6. The smallest absolute Gasteiger partial charge is 0.143 e. The van der Waals surface area contributed by atoms with Gasteiger partial charge in [-0.05, 0) is 40.8 Å². The van der Waals surface area contributed by atoms with Gasteiger partial charge in [0.15, 0.2) is 0 Å². The van der Waals surface area contributed by atoms with Crippen LogP contribution in [0.4, 0.5) is 4.39 Å². The molecule has 0 aliphatic heterocycles. The van der Waals surface area contributed by atoms with E-state index in [2.05, 4.69) is 0 Å². The second kappa shape index (κ2) is 6.90. The van der Waals surface area contributed by atoms with Crippen LogP contribution in [0.5, 0.6) is 0 Å². The molecule has 0 radical (unpaired) electrons. The Morgan fingerprint density at radius 3 is 2.37 bits per heavy atom. The summed E-state index contributed by atoms with van der Waals surface area (Å²) in [6, 6.07) is 16.2. The van der Waals surface area contributed by atoms with E-state index in [1.165, 1.54) is 23.9 Å². The number of carbonyl (C=O) groups is 1. The molecule has 0 saturated carbocycles. The molecule has 0 heterocycles. The van der Waals surface area contributed by atoms with E-state index in [0.29, 0.717) is 6.42 Å². The summed E-state index contributed by atoms with van der Waals surface area (Å²) < 4.78 is 12.8. The minimum atomic E-state index is -0.256. The van der Waals surface area contributed by atoms with Gasteiger partial charge in [-0.2, -0.15) is 0 Å². The van der Waals surface area contributed by atoms with Gasteiger partial charge in [-0.3, -0.25) is 4.79 Å². The summed E-state index contributed by atoms with van der Waals surface area (Å²) in [4.78, 5) is 12.6. The van der Waals surface area contributed by atoms with Gasteiger partial charge in [0.2, 0.25) is 0 Å². The van der Waals surface area contributed by atoms with Crippen molar-refractivity contribution < 1.29 is 9.18 Å². The van der Waals surface area contributed by atoms with Crippen molar-refractivity contribution >= 4 is 18.0 Å². The maximum absolute atomic E-state index is 12.8. The fourth-order valence-corrected chi connectivity index (χ4v) is 2.59. The molecule has 0 N–H and O–H groups in total. The summed E-state index contributed by atoms with van der Waals surface area (Å²) in [5.41, 5.74) is 1.14. The third-order valence-electron chi connectivity index (χ3n) is 2.54. The molecule has 0 spiro atoms. The number of halogens is 1. The second-order valence-electron chi connectivity index (χ2n) is 3.99. The maximum atomic E-state index is 12.8. The molecular formula is C16H13FOS. The zero-order valence-electron chi connectivity index (χ0n) is 10.3. The van der Waals surface area contributed by atoms with Gasteiger partial charge in [0.25, 0.3) is 0 Å². The number of carbonyl (C=O) groups excluding carboxylic acids is 1. The number of rotatable bonds is 5. The third kappa shape index (κ3) is 4.38. The molecule has 0 unspecified atom stereocenters. The van der Waals surface area contributed by atoms with Gasteiger partial charge < -0.3 is 0 Å². The van der Waals surface area contributed by atoms with Crippen LogP contribution >= 0.6 is 11.8 Å². The van der Waals surface area contributed by atoms with Crippen LogP contribution < -0.4 is 0 Å². The number of thioether (sulfide) groups is 1. The molecule has 0 bridgehead atoms. The normalized spacial score (nSPS) is 11.3. The monoisotopic (exact) mass is 272 g/mol. The van der Waals surface area contributed by atoms with Crippen LogP contribution in [0.25, 0.3) is 0 Å². The summed E-state index contributed by atoms with van der Waals surface area (Å²) in [6.07, 6.45) is 3.04. The van der Waals surface area contributed by atoms with E-state index in [-0.39, 0.29) is 5.82 Å². The minimum Gasteiger partial charge on any atom is -0.299 e. The van der Waals surface area contributed by atoms with Gasteiger partial charge in [-0.25, -0.2) is 4.39 Å². The quantitative estimate of drug-likeness (QED) is 0.460. The first-order valence-electron chi connectivity index (χ1n) is 5.89. The van der Waals surface area contributed by atoms with Crippen molar-refractivity contribution in [3.05, 3.63) is 77.0 Å². The second-order valence-corrected chi connectivity index (χ2v) is 5.19. The number of hydrogen-bond donors (Lipinski definition) is 0. The van der Waals surface area contributed by atoms with Crippen molar-refractivity contribution in [2.45, 2.75) is 11.3 Å². The molecule has 2 rings (SSSR count). The Morgan fingerprint density at radius 2 is 1.74 bits per heavy atom. The van der Waals surface area contributed by atoms with Crippen LogP contribution in [-0.4, -0.2) is 6.29 Å². The van der Waals surface area contributed by atoms with E-state index >= 15 is 0 Å². The molecule has 2 aromatic carbocycles. The molecule has 0 aliphatic carbocycles. The van der Waals surface area contributed by atoms with Crippen molar-refractivity contribution in [2.24, 2.45) is 0 Å². The predicted molar refractivity (Wildman–Crippen MR) is 76.6 cm³/mol. The minimum absolute atomic E-state index is 0.256. The van der Waals surface area contributed by atoms with Gasteiger partial charge >= 0.3 is 0 Å². The third-order valence-corrected chi connectivity index (χ3v) is 3.59. The Bertz CT molecular complexity index is 561. The largest absolute Gasteiger partial charge is 0.299 e. The van der Waals surface area contributed by atoms with Gasteiger partial charge in [0.1, 0.15) is 12.1 Å². The highest BCUT2D eigenvalue weighted by atomic mass is 32.2. The van der Waals surface area contributed by atoms with E-state index in [4.69, 9.17) is 0 Å². The van der Waals surface area contributed by atoms with Crippen molar-refractivity contribution in [1.29, 1.82) is 0 Å². The summed E-state index contributed by atoms with van der Waals surface area (Å²) in [5.74, 6) is -0.256. The van der Waals surface area contributed by atoms with Gasteiger partial charge in [-0.15, -0.1) is 0 Å². The van der Waals surface area contributed by atoms with Gasteiger partial charge in [0.05, 0.1) is 0 Å². The molecule has 19 heavy (non-hydrogen) atoms. The summed E-state index contributed by atoms with van der Waals surface area (Å²) in [5, 5.41) is 0. The van der Waals surface area contributed by atoms with E-state index in [0.717, 1.165) is 21.7 Å². The highest BCUT2D eigenvalue weighted by Gasteiger charge is 2.03. The highest BCUT2D eigenvalue weighted by Crippen LogP contribution is 2.28. The number of hydrogen-bond acceptors (Lipinski definition) is 2. The van der Waals surface area contributed by atoms with Crippen LogP contribution in [0.3, 0.4) is 0 Å². The SMILES string of the molecule is O=C/C=C(\Cc1ccccc1)Sc1ccc(F)cc1. The molecule has 0 amide bonds. The molecule has 0 aromatic heterocycles. The lowest BCUT2D eigenvalue weighted by atomic mass is 10.1. The zero-order chi connectivity index (χ0) is 13.5. The summed E-state index contributed by atoms with van der Waals surface area (Å²) >= 11 is 1.48. The van der Waals surface area contributed by atoms with E-state index in [9.17, 15) is 9.18 Å². The average Bonchev–Trinajstić information content (AvgIpc) is 2.43. The molecular weight excluding hydrogens is 259 g/mol. The lowest BCUT2D eigenvalue weighted by molar-refractivity contribution is -0.104. The molecule has 0 aliphatic rings. The van der Waals surface area contributed by atoms with E-state index in [1.807, 2.05) is 30.3 Å². The molecule has 0 saturated heterocycles. The van der Waals surface area contributed by atoms with Crippen LogP contribution in [0, 0.1) is 5.82 Å². The fraction of sp³-hybridized carbons (Fsp3) is 0.0625. The molecule has 96 valence electrons. The first-order chi connectivity index (χ1) is 9.28. The number of benzene rings is 2. The van der Waals surface area contributed by atoms with Crippen molar-refractivity contribution in [2.75, 3.05) is 0 Å². The van der Waals surface area contributed by atoms with Crippen LogP contribution in [-0.2, 0) is 11.2 Å². The Morgan fingerprint density at radius 1 is 1.05 bits per heavy atom. The predicted octanol–water partition coefficient (Wildman–Crippen LogP) is 4.24. The average molecular weight is 272 g/mol. The Labute approximate surface area is 116 Å². The van der Waals surface area contributed by atoms with Gasteiger partial charge in [0, 0.05) is 11.3 Å². The number of allylic oxidation sites excluding steroid dienone is 2. The van der Waals surface area contributed by atoms with Crippen LogP contribution in [0.2, 0.25) is 0 Å². The fourth-order valence-electron chi connectivity index (χ4n) is 1.66. The summed E-state index contributed by atoms with van der Waals surface area (Å²) in [7, 11) is 0. The van der Waals surface area contributed by atoms with Crippen LogP contribution in [0.15, 0.2) is 70.5 Å². The molecule has 0 atom stereocenters. The van der Waals surface area contributed by atoms with Crippen molar-refractivity contribution in [1.82, 2.24) is 0 Å². The maximum Gasteiger partial charge on any atom is 0.143 e. The molecule has 1 nitrogen and oxygen atoms in total. The topological polar surface area (TPSA) is 17.1 Å². The highest BCUT2D eigenvalue weighted by molar-refractivity contribution is 8.03. The Kier molecular flexibility index (Phi) is 4.93. The Balaban J connectivity index is 2.11. The lowest BCUT2D eigenvalue weighted by Crippen LogP contribution is -1.88. The number of aldehydes is 1. The molecule has 3 heteroatoms. The van der Waals surface area contributed by atoms with Gasteiger partial charge in [-0.1, -0.05) is 42.1 Å². The summed E-state index contributed by atoms with van der Waals surface area (Å²) in [6.45, 7) is 0. The first-order valence-corrected chi connectivity index (χ1v) is 6.71. The van der Waals surface area contributed by atoms with E-state index < -0.39 is 0 Å². The van der Waals surface area contributed by atoms with E-state index in [1.54, 1.807) is 18.2 Å². The Hall–Kier alpha value is -1.87. The molecule has 2 aromatic rings. The lowest BCUT2D eigenvalue weighted by Gasteiger charge is -2.06.